The van der Waals surface area contributed by atoms with Crippen LogP contribution in [0.1, 0.15) is 24.8 Å². The average molecular weight is 232 g/mol. The molecule has 4 heteroatoms. The zero-order chi connectivity index (χ0) is 10.1. The van der Waals surface area contributed by atoms with E-state index >= 15 is 0 Å². The Morgan fingerprint density at radius 3 is 2.73 bits per heavy atom. The van der Waals surface area contributed by atoms with Crippen LogP contribution in [-0.2, 0) is 0 Å². The Morgan fingerprint density at radius 2 is 2.20 bits per heavy atom. The normalized spacial score (nSPS) is 23.1. The van der Waals surface area contributed by atoms with Gasteiger partial charge in [-0.05, 0) is 31.0 Å². The van der Waals surface area contributed by atoms with Gasteiger partial charge in [0.15, 0.2) is 11.6 Å². The number of hydrogen-bond acceptors (Lipinski definition) is 2. The van der Waals surface area contributed by atoms with Crippen molar-refractivity contribution in [2.75, 3.05) is 6.61 Å². The quantitative estimate of drug-likeness (QED) is 0.868. The molecule has 84 valence electrons. The van der Waals surface area contributed by atoms with E-state index in [2.05, 4.69) is 0 Å². The van der Waals surface area contributed by atoms with E-state index in [0.29, 0.717) is 18.3 Å². The molecular formula is C11H15ClFNO. The number of hydrogen-bond donors (Lipinski definition) is 1. The van der Waals surface area contributed by atoms with Gasteiger partial charge in [-0.2, -0.15) is 0 Å². The molecule has 1 aromatic carbocycles. The minimum Gasteiger partial charge on any atom is -0.491 e. The summed E-state index contributed by atoms with van der Waals surface area (Å²) in [4.78, 5) is 0. The highest BCUT2D eigenvalue weighted by Crippen LogP contribution is 2.40. The van der Waals surface area contributed by atoms with Gasteiger partial charge < -0.3 is 10.5 Å². The molecular weight excluding hydrogens is 217 g/mol. The van der Waals surface area contributed by atoms with Gasteiger partial charge in [0.2, 0.25) is 0 Å². The van der Waals surface area contributed by atoms with Crippen molar-refractivity contribution in [2.24, 2.45) is 5.73 Å². The fraction of sp³-hybridized carbons (Fsp3) is 0.455. The first-order valence-corrected chi connectivity index (χ1v) is 4.90. The average Bonchev–Trinajstić information content (AvgIpc) is 2.87. The first-order chi connectivity index (χ1) is 6.72. The maximum atomic E-state index is 13.2. The number of ether oxygens (including phenoxy) is 1. The van der Waals surface area contributed by atoms with Crippen LogP contribution in [0.4, 0.5) is 4.39 Å². The summed E-state index contributed by atoms with van der Waals surface area (Å²) in [6.07, 6.45) is 0.997. The molecule has 0 amide bonds. The van der Waals surface area contributed by atoms with Crippen molar-refractivity contribution in [3.8, 4) is 5.75 Å². The van der Waals surface area contributed by atoms with Gasteiger partial charge in [-0.25, -0.2) is 4.39 Å². The Balaban J connectivity index is 0.00000112. The van der Waals surface area contributed by atoms with Crippen molar-refractivity contribution in [3.05, 3.63) is 29.6 Å². The lowest BCUT2D eigenvalue weighted by Crippen LogP contribution is -2.02. The third-order valence-corrected chi connectivity index (χ3v) is 2.52. The highest BCUT2D eigenvalue weighted by atomic mass is 35.5. The van der Waals surface area contributed by atoms with E-state index in [1.54, 1.807) is 12.1 Å². The smallest absolute Gasteiger partial charge is 0.165 e. The van der Waals surface area contributed by atoms with Crippen LogP contribution >= 0.6 is 12.4 Å². The third kappa shape index (κ3) is 2.61. The zero-order valence-electron chi connectivity index (χ0n) is 8.57. The maximum Gasteiger partial charge on any atom is 0.165 e. The van der Waals surface area contributed by atoms with Gasteiger partial charge in [0.05, 0.1) is 6.61 Å². The fourth-order valence-corrected chi connectivity index (χ4v) is 1.61. The molecule has 1 fully saturated rings. The molecule has 2 atom stereocenters. The van der Waals surface area contributed by atoms with Gasteiger partial charge in [-0.15, -0.1) is 12.4 Å². The lowest BCUT2D eigenvalue weighted by molar-refractivity contribution is 0.321. The van der Waals surface area contributed by atoms with Crippen LogP contribution in [0.2, 0.25) is 0 Å². The van der Waals surface area contributed by atoms with Crippen LogP contribution < -0.4 is 10.5 Å². The van der Waals surface area contributed by atoms with Crippen LogP contribution in [0.5, 0.6) is 5.75 Å². The fourth-order valence-electron chi connectivity index (χ4n) is 1.61. The van der Waals surface area contributed by atoms with Crippen molar-refractivity contribution >= 4 is 12.4 Å². The van der Waals surface area contributed by atoms with Gasteiger partial charge in [0.25, 0.3) is 0 Å². The highest BCUT2D eigenvalue weighted by molar-refractivity contribution is 5.85. The van der Waals surface area contributed by atoms with Crippen molar-refractivity contribution in [2.45, 2.75) is 25.3 Å². The Bertz CT molecular complexity index is 345. The van der Waals surface area contributed by atoms with Crippen molar-refractivity contribution < 1.29 is 9.13 Å². The lowest BCUT2D eigenvalue weighted by Gasteiger charge is -2.06. The lowest BCUT2D eigenvalue weighted by atomic mass is 10.1. The molecule has 0 aromatic heterocycles. The second-order valence-corrected chi connectivity index (χ2v) is 3.63. The SMILES string of the molecule is CCOc1cc([C@@H]2C[C@H]2N)ccc1F.Cl. The number of nitrogens with two attached hydrogens (primary N) is 1. The highest BCUT2D eigenvalue weighted by Gasteiger charge is 2.35. The van der Waals surface area contributed by atoms with Crippen LogP contribution in [0, 0.1) is 5.82 Å². The molecule has 1 aromatic rings. The molecule has 1 saturated carbocycles. The minimum atomic E-state index is -0.301. The van der Waals surface area contributed by atoms with Crippen LogP contribution in [0.3, 0.4) is 0 Å². The Hall–Kier alpha value is -0.800. The van der Waals surface area contributed by atoms with E-state index in [4.69, 9.17) is 10.5 Å². The van der Waals surface area contributed by atoms with Gasteiger partial charge >= 0.3 is 0 Å². The van der Waals surface area contributed by atoms with Crippen molar-refractivity contribution in [1.29, 1.82) is 0 Å². The molecule has 1 aliphatic carbocycles. The van der Waals surface area contributed by atoms with Gasteiger partial charge in [0.1, 0.15) is 0 Å². The molecule has 2 rings (SSSR count). The number of halogens is 2. The summed E-state index contributed by atoms with van der Waals surface area (Å²) >= 11 is 0. The largest absolute Gasteiger partial charge is 0.491 e. The summed E-state index contributed by atoms with van der Waals surface area (Å²) in [6.45, 7) is 2.33. The minimum absolute atomic E-state index is 0. The van der Waals surface area contributed by atoms with E-state index in [9.17, 15) is 4.39 Å². The predicted octanol–water partition coefficient (Wildman–Crippen LogP) is 2.46. The Kier molecular flexibility index (Phi) is 3.94. The molecule has 1 aliphatic rings. The summed E-state index contributed by atoms with van der Waals surface area (Å²) in [5.74, 6) is 0.434. The summed E-state index contributed by atoms with van der Waals surface area (Å²) < 4.78 is 18.4. The first-order valence-electron chi connectivity index (χ1n) is 4.90. The number of benzene rings is 1. The van der Waals surface area contributed by atoms with E-state index in [1.807, 2.05) is 6.92 Å². The number of rotatable bonds is 3. The van der Waals surface area contributed by atoms with Gasteiger partial charge in [0, 0.05) is 12.0 Å². The third-order valence-electron chi connectivity index (χ3n) is 2.52. The van der Waals surface area contributed by atoms with E-state index in [1.165, 1.54) is 6.07 Å². The van der Waals surface area contributed by atoms with Gasteiger partial charge in [-0.1, -0.05) is 6.07 Å². The predicted molar refractivity (Wildman–Crippen MR) is 60.2 cm³/mol. The molecule has 0 saturated heterocycles. The molecule has 2 nitrogen and oxygen atoms in total. The van der Waals surface area contributed by atoms with Crippen LogP contribution in [-0.4, -0.2) is 12.6 Å². The van der Waals surface area contributed by atoms with Gasteiger partial charge in [-0.3, -0.25) is 0 Å². The second-order valence-electron chi connectivity index (χ2n) is 3.63. The molecule has 0 heterocycles. The van der Waals surface area contributed by atoms with E-state index in [0.717, 1.165) is 12.0 Å². The Morgan fingerprint density at radius 1 is 1.53 bits per heavy atom. The molecule has 0 unspecified atom stereocenters. The van der Waals surface area contributed by atoms with Crippen LogP contribution in [0.15, 0.2) is 18.2 Å². The monoisotopic (exact) mass is 231 g/mol. The Labute approximate surface area is 95.0 Å². The first kappa shape index (κ1) is 12.3. The zero-order valence-corrected chi connectivity index (χ0v) is 9.39. The standard InChI is InChI=1S/C11H14FNO.ClH/c1-2-14-11-5-7(3-4-9(11)12)8-6-10(8)13;/h3-5,8,10H,2,6,13H2,1H3;1H/t8-,10+;/m0./s1. The summed E-state index contributed by atoms with van der Waals surface area (Å²) in [5, 5.41) is 0. The summed E-state index contributed by atoms with van der Waals surface area (Å²) in [6, 6.07) is 5.24. The molecule has 15 heavy (non-hydrogen) atoms. The second kappa shape index (κ2) is 4.81. The van der Waals surface area contributed by atoms with Crippen molar-refractivity contribution in [3.63, 3.8) is 0 Å². The van der Waals surface area contributed by atoms with E-state index in [-0.39, 0.29) is 24.3 Å². The van der Waals surface area contributed by atoms with E-state index < -0.39 is 0 Å². The molecule has 0 radical (unpaired) electrons. The summed E-state index contributed by atoms with van der Waals surface area (Å²) in [7, 11) is 0. The van der Waals surface area contributed by atoms with Crippen molar-refractivity contribution in [1.82, 2.24) is 0 Å². The maximum absolute atomic E-state index is 13.2. The molecule has 0 aliphatic heterocycles. The van der Waals surface area contributed by atoms with Crippen LogP contribution in [0.25, 0.3) is 0 Å². The molecule has 2 N–H and O–H groups in total. The topological polar surface area (TPSA) is 35.2 Å². The molecule has 0 spiro atoms. The molecule has 0 bridgehead atoms. The summed E-state index contributed by atoms with van der Waals surface area (Å²) in [5.41, 5.74) is 6.81.